The van der Waals surface area contributed by atoms with Crippen LogP contribution in [0, 0.1) is 0 Å². The van der Waals surface area contributed by atoms with Crippen LogP contribution in [0.4, 0.5) is 11.4 Å². The van der Waals surface area contributed by atoms with Crippen LogP contribution in [0.5, 0.6) is 0 Å². The molecule has 2 aromatic carbocycles. The Morgan fingerprint density at radius 2 is 2.04 bits per heavy atom. The van der Waals surface area contributed by atoms with Crippen molar-refractivity contribution in [2.75, 3.05) is 29.4 Å². The van der Waals surface area contributed by atoms with Crippen molar-refractivity contribution < 1.29 is 4.79 Å². The minimum absolute atomic E-state index is 0.180. The molecule has 2 aliphatic heterocycles. The van der Waals surface area contributed by atoms with Crippen molar-refractivity contribution in [3.8, 4) is 0 Å². The summed E-state index contributed by atoms with van der Waals surface area (Å²) in [5.74, 6) is 0.180. The van der Waals surface area contributed by atoms with E-state index >= 15 is 0 Å². The highest BCUT2D eigenvalue weighted by Gasteiger charge is 2.23. The number of aliphatic imine (C=N–C) groups is 1. The molecule has 0 bridgehead atoms. The third-order valence-corrected chi connectivity index (χ3v) is 5.53. The first kappa shape index (κ1) is 18.5. The van der Waals surface area contributed by atoms with Crippen molar-refractivity contribution >= 4 is 23.5 Å². The number of amides is 1. The average Bonchev–Trinajstić information content (AvgIpc) is 3.38. The second kappa shape index (κ2) is 8.42. The summed E-state index contributed by atoms with van der Waals surface area (Å²) in [6.07, 6.45) is 7.45. The molecule has 0 unspecified atom stereocenters. The van der Waals surface area contributed by atoms with Crippen molar-refractivity contribution in [1.29, 1.82) is 0 Å². The fourth-order valence-electron chi connectivity index (χ4n) is 4.01. The molecule has 0 atom stereocenters. The van der Waals surface area contributed by atoms with Crippen LogP contribution in [0.3, 0.4) is 0 Å². The van der Waals surface area contributed by atoms with Gasteiger partial charge in [-0.1, -0.05) is 42.5 Å². The van der Waals surface area contributed by atoms with Gasteiger partial charge in [0.15, 0.2) is 0 Å². The molecule has 144 valence electrons. The van der Waals surface area contributed by atoms with Gasteiger partial charge in [-0.15, -0.1) is 0 Å². The van der Waals surface area contributed by atoms with E-state index < -0.39 is 0 Å². The number of nitrogens with zero attached hydrogens (tertiary/aromatic N) is 3. The van der Waals surface area contributed by atoms with Gasteiger partial charge in [-0.2, -0.15) is 0 Å². The first-order valence-electron chi connectivity index (χ1n) is 10.2. The smallest absolute Gasteiger partial charge is 0.227 e. The fourth-order valence-corrected chi connectivity index (χ4v) is 4.01. The van der Waals surface area contributed by atoms with E-state index in [1.54, 1.807) is 0 Å². The number of anilines is 2. The number of rotatable bonds is 7. The molecule has 4 heteroatoms. The highest BCUT2D eigenvalue weighted by atomic mass is 16.2. The van der Waals surface area contributed by atoms with Crippen molar-refractivity contribution in [2.45, 2.75) is 32.6 Å². The van der Waals surface area contributed by atoms with Crippen LogP contribution in [-0.2, 0) is 17.6 Å². The maximum atomic E-state index is 12.9. The molecule has 0 fully saturated rings. The van der Waals surface area contributed by atoms with Gasteiger partial charge in [0.05, 0.1) is 12.2 Å². The van der Waals surface area contributed by atoms with Crippen molar-refractivity contribution in [3.63, 3.8) is 0 Å². The maximum Gasteiger partial charge on any atom is 0.227 e. The van der Waals surface area contributed by atoms with Crippen LogP contribution < -0.4 is 9.80 Å². The molecule has 1 amide bonds. The van der Waals surface area contributed by atoms with Gasteiger partial charge in [-0.3, -0.25) is 9.79 Å². The highest BCUT2D eigenvalue weighted by Crippen LogP contribution is 2.33. The standard InChI is InChI=1S/C24H27N3O/c1-2-27(24(28)13-10-19-7-4-3-5-8-19)22-12-11-20-14-16-26(23(20)17-22)18-21-9-6-15-25-21/h3-5,7-9,11-12,15,17H,2,6,10,13-14,16,18H2,1H3. The summed E-state index contributed by atoms with van der Waals surface area (Å²) >= 11 is 0. The van der Waals surface area contributed by atoms with Crippen LogP contribution in [0.2, 0.25) is 0 Å². The van der Waals surface area contributed by atoms with Gasteiger partial charge in [-0.25, -0.2) is 0 Å². The molecule has 0 aromatic heterocycles. The van der Waals surface area contributed by atoms with Crippen LogP contribution in [0.25, 0.3) is 0 Å². The van der Waals surface area contributed by atoms with E-state index in [0.29, 0.717) is 13.0 Å². The third kappa shape index (κ3) is 4.01. The molecule has 2 heterocycles. The summed E-state index contributed by atoms with van der Waals surface area (Å²) < 4.78 is 0. The SMILES string of the molecule is CCN(C(=O)CCc1ccccc1)c1ccc2c(c1)N(CC1=CCC=N1)CC2. The molecular weight excluding hydrogens is 346 g/mol. The molecule has 4 rings (SSSR count). The summed E-state index contributed by atoms with van der Waals surface area (Å²) in [4.78, 5) is 21.6. The largest absolute Gasteiger partial charge is 0.365 e. The molecule has 0 N–H and O–H groups in total. The Balaban J connectivity index is 1.48. The lowest BCUT2D eigenvalue weighted by Gasteiger charge is -2.24. The normalized spacial score (nSPS) is 14.9. The van der Waals surface area contributed by atoms with E-state index in [-0.39, 0.29) is 5.91 Å². The minimum Gasteiger partial charge on any atom is -0.365 e. The molecule has 2 aliphatic rings. The Kier molecular flexibility index (Phi) is 5.56. The van der Waals surface area contributed by atoms with E-state index in [1.165, 1.54) is 16.8 Å². The minimum atomic E-state index is 0.180. The van der Waals surface area contributed by atoms with Gasteiger partial charge >= 0.3 is 0 Å². The van der Waals surface area contributed by atoms with Crippen molar-refractivity contribution in [1.82, 2.24) is 0 Å². The maximum absolute atomic E-state index is 12.9. The van der Waals surface area contributed by atoms with Gasteiger partial charge in [-0.05, 0) is 43.0 Å². The summed E-state index contributed by atoms with van der Waals surface area (Å²) in [5.41, 5.74) is 5.95. The predicted octanol–water partition coefficient (Wildman–Crippen LogP) is 4.39. The molecule has 0 spiro atoms. The fraction of sp³-hybridized carbons (Fsp3) is 0.333. The van der Waals surface area contributed by atoms with Gasteiger partial charge < -0.3 is 9.80 Å². The Morgan fingerprint density at radius 1 is 1.18 bits per heavy atom. The number of carbonyl (C=O) groups excluding carboxylic acids is 1. The number of aryl methyl sites for hydroxylation is 1. The molecule has 0 saturated carbocycles. The second-order valence-electron chi connectivity index (χ2n) is 7.35. The zero-order chi connectivity index (χ0) is 19.3. The summed E-state index contributed by atoms with van der Waals surface area (Å²) in [7, 11) is 0. The Bertz CT molecular complexity index is 901. The van der Waals surface area contributed by atoms with Gasteiger partial charge in [0.25, 0.3) is 0 Å². The zero-order valence-electron chi connectivity index (χ0n) is 16.5. The number of allylic oxidation sites excluding steroid dienone is 1. The van der Waals surface area contributed by atoms with E-state index in [2.05, 4.69) is 46.3 Å². The highest BCUT2D eigenvalue weighted by molar-refractivity contribution is 5.94. The van der Waals surface area contributed by atoms with Gasteiger partial charge in [0.2, 0.25) is 5.91 Å². The van der Waals surface area contributed by atoms with Gasteiger partial charge in [0, 0.05) is 43.5 Å². The monoisotopic (exact) mass is 373 g/mol. The Morgan fingerprint density at radius 3 is 2.79 bits per heavy atom. The lowest BCUT2D eigenvalue weighted by atomic mass is 10.1. The van der Waals surface area contributed by atoms with Crippen LogP contribution in [-0.4, -0.2) is 31.8 Å². The quantitative estimate of drug-likeness (QED) is 0.721. The van der Waals surface area contributed by atoms with Crippen LogP contribution in [0.1, 0.15) is 30.9 Å². The number of fused-ring (bicyclic) bond motifs is 1. The molecule has 28 heavy (non-hydrogen) atoms. The zero-order valence-corrected chi connectivity index (χ0v) is 16.5. The molecule has 0 radical (unpaired) electrons. The first-order chi connectivity index (χ1) is 13.7. The lowest BCUT2D eigenvalue weighted by molar-refractivity contribution is -0.118. The third-order valence-electron chi connectivity index (χ3n) is 5.53. The van der Waals surface area contributed by atoms with Gasteiger partial charge in [0.1, 0.15) is 0 Å². The summed E-state index contributed by atoms with van der Waals surface area (Å²) in [6.45, 7) is 4.59. The summed E-state index contributed by atoms with van der Waals surface area (Å²) in [6, 6.07) is 16.7. The van der Waals surface area contributed by atoms with E-state index in [1.807, 2.05) is 36.2 Å². The van der Waals surface area contributed by atoms with Crippen molar-refractivity contribution in [2.24, 2.45) is 4.99 Å². The molecule has 0 saturated heterocycles. The molecule has 4 nitrogen and oxygen atoms in total. The topological polar surface area (TPSA) is 35.9 Å². The van der Waals surface area contributed by atoms with E-state index in [0.717, 1.165) is 43.7 Å². The van der Waals surface area contributed by atoms with E-state index in [9.17, 15) is 4.79 Å². The molecule has 0 aliphatic carbocycles. The average molecular weight is 374 g/mol. The molecular formula is C24H27N3O. The number of hydrogen-bond donors (Lipinski definition) is 0. The van der Waals surface area contributed by atoms with Crippen molar-refractivity contribution in [3.05, 3.63) is 71.4 Å². The predicted molar refractivity (Wildman–Crippen MR) is 116 cm³/mol. The number of carbonyl (C=O) groups is 1. The number of hydrogen-bond acceptors (Lipinski definition) is 3. The Hall–Kier alpha value is -2.88. The van der Waals surface area contributed by atoms with Crippen LogP contribution in [0.15, 0.2) is 65.3 Å². The Labute approximate surface area is 167 Å². The lowest BCUT2D eigenvalue weighted by Crippen LogP contribution is -2.31. The molecule has 2 aromatic rings. The van der Waals surface area contributed by atoms with Crippen LogP contribution >= 0.6 is 0 Å². The number of benzene rings is 2. The first-order valence-corrected chi connectivity index (χ1v) is 10.2. The van der Waals surface area contributed by atoms with E-state index in [4.69, 9.17) is 0 Å². The summed E-state index contributed by atoms with van der Waals surface area (Å²) in [5, 5.41) is 0. The second-order valence-corrected chi connectivity index (χ2v) is 7.35.